The fourth-order valence-corrected chi connectivity index (χ4v) is 7.28. The Morgan fingerprint density at radius 1 is 0.659 bits per heavy atom. The van der Waals surface area contributed by atoms with Gasteiger partial charge in [0.2, 0.25) is 0 Å². The molecule has 3 aliphatic rings. The van der Waals surface area contributed by atoms with Crippen LogP contribution in [0.25, 0.3) is 0 Å². The Balaban J connectivity index is 1.13. The van der Waals surface area contributed by atoms with Gasteiger partial charge in [0.25, 0.3) is 0 Å². The van der Waals surface area contributed by atoms with Gasteiger partial charge in [-0.3, -0.25) is 0 Å². The van der Waals surface area contributed by atoms with E-state index in [1.807, 2.05) is 13.0 Å². The Bertz CT molecular complexity index is 801. The van der Waals surface area contributed by atoms with Gasteiger partial charge in [0.05, 0.1) is 42.7 Å². The number of carbonyl (C=O) groups excluding carboxylic acids is 1. The molecule has 0 amide bonds. The Morgan fingerprint density at radius 2 is 1.14 bits per heavy atom. The Labute approximate surface area is 268 Å². The van der Waals surface area contributed by atoms with Crippen LogP contribution in [-0.4, -0.2) is 70.1 Å². The molecule has 3 heterocycles. The van der Waals surface area contributed by atoms with Crippen LogP contribution < -0.4 is 0 Å². The number of aliphatic hydroxyl groups is 3. The van der Waals surface area contributed by atoms with Crippen LogP contribution in [0.3, 0.4) is 0 Å². The Hall–Kier alpha value is -0.990. The second-order valence-electron chi connectivity index (χ2n) is 14.0. The molecule has 44 heavy (non-hydrogen) atoms. The lowest BCUT2D eigenvalue weighted by Crippen LogP contribution is -2.33. The SMILES string of the molecule is CCCCCC[C@H](O)CCC[C@H](O)C1CC[C@H]([C@@H]2CC[C@H]([C@H](O)CCCCCCCCCCCCC3=CC(C)OC3=O)O2)O1. The van der Waals surface area contributed by atoms with E-state index in [1.165, 1.54) is 64.2 Å². The van der Waals surface area contributed by atoms with Crippen molar-refractivity contribution in [1.82, 2.24) is 0 Å². The number of hydrogen-bond donors (Lipinski definition) is 3. The quantitative estimate of drug-likeness (QED) is 0.0703. The topological polar surface area (TPSA) is 105 Å². The van der Waals surface area contributed by atoms with Crippen molar-refractivity contribution in [2.24, 2.45) is 0 Å². The first-order valence-electron chi connectivity index (χ1n) is 18.6. The Kier molecular flexibility index (Phi) is 18.5. The molecule has 0 aliphatic carbocycles. The minimum Gasteiger partial charge on any atom is -0.455 e. The number of rotatable bonds is 25. The van der Waals surface area contributed by atoms with Crippen LogP contribution in [0.1, 0.15) is 168 Å². The van der Waals surface area contributed by atoms with Gasteiger partial charge in [0, 0.05) is 5.57 Å². The molecule has 0 bridgehead atoms. The van der Waals surface area contributed by atoms with Crippen molar-refractivity contribution in [2.75, 3.05) is 0 Å². The van der Waals surface area contributed by atoms with Crippen LogP contribution in [0, 0.1) is 0 Å². The normalized spacial score (nSPS) is 27.4. The van der Waals surface area contributed by atoms with E-state index in [0.717, 1.165) is 89.0 Å². The van der Waals surface area contributed by atoms with Gasteiger partial charge in [-0.25, -0.2) is 4.79 Å². The molecule has 8 atom stereocenters. The molecule has 0 saturated carbocycles. The van der Waals surface area contributed by atoms with Crippen molar-refractivity contribution in [3.8, 4) is 0 Å². The summed E-state index contributed by atoms with van der Waals surface area (Å²) in [4.78, 5) is 11.6. The first kappa shape index (κ1) is 37.5. The highest BCUT2D eigenvalue weighted by molar-refractivity contribution is 5.90. The molecule has 7 heteroatoms. The summed E-state index contributed by atoms with van der Waals surface area (Å²) in [7, 11) is 0. The van der Waals surface area contributed by atoms with Gasteiger partial charge in [-0.05, 0) is 83.6 Å². The lowest BCUT2D eigenvalue weighted by atomic mass is 9.99. The van der Waals surface area contributed by atoms with Gasteiger partial charge in [0.15, 0.2) is 0 Å². The predicted molar refractivity (Wildman–Crippen MR) is 175 cm³/mol. The van der Waals surface area contributed by atoms with Crippen molar-refractivity contribution in [2.45, 2.75) is 217 Å². The third-order valence-electron chi connectivity index (χ3n) is 10.1. The molecule has 0 aromatic heterocycles. The molecule has 2 fully saturated rings. The van der Waals surface area contributed by atoms with Crippen LogP contribution in [0.15, 0.2) is 11.6 Å². The number of esters is 1. The first-order chi connectivity index (χ1) is 21.4. The highest BCUT2D eigenvalue weighted by Crippen LogP contribution is 2.34. The number of cyclic esters (lactones) is 1. The van der Waals surface area contributed by atoms with Gasteiger partial charge >= 0.3 is 5.97 Å². The van der Waals surface area contributed by atoms with Crippen molar-refractivity contribution in [3.63, 3.8) is 0 Å². The molecule has 2 unspecified atom stereocenters. The van der Waals surface area contributed by atoms with E-state index in [4.69, 9.17) is 14.2 Å². The third-order valence-corrected chi connectivity index (χ3v) is 10.1. The highest BCUT2D eigenvalue weighted by Gasteiger charge is 2.40. The lowest BCUT2D eigenvalue weighted by molar-refractivity contribution is -0.139. The fraction of sp³-hybridized carbons (Fsp3) is 0.919. The third kappa shape index (κ3) is 14.2. The van der Waals surface area contributed by atoms with E-state index in [-0.39, 0.29) is 42.6 Å². The maximum absolute atomic E-state index is 11.6. The average Bonchev–Trinajstić information content (AvgIpc) is 3.76. The number of carbonyl (C=O) groups is 1. The zero-order valence-corrected chi connectivity index (χ0v) is 28.1. The minimum absolute atomic E-state index is 0.0170. The molecule has 0 aromatic rings. The van der Waals surface area contributed by atoms with Crippen LogP contribution in [-0.2, 0) is 19.0 Å². The van der Waals surface area contributed by atoms with Gasteiger partial charge in [-0.2, -0.15) is 0 Å². The molecule has 3 rings (SSSR count). The second kappa shape index (κ2) is 21.7. The molecule has 0 aromatic carbocycles. The van der Waals surface area contributed by atoms with Crippen LogP contribution >= 0.6 is 0 Å². The lowest BCUT2D eigenvalue weighted by Gasteiger charge is -2.24. The molecule has 0 spiro atoms. The van der Waals surface area contributed by atoms with E-state index in [0.29, 0.717) is 6.42 Å². The summed E-state index contributed by atoms with van der Waals surface area (Å²) < 4.78 is 17.7. The van der Waals surface area contributed by atoms with Gasteiger partial charge in [-0.15, -0.1) is 0 Å². The summed E-state index contributed by atoms with van der Waals surface area (Å²) >= 11 is 0. The standard InChI is InChI=1S/C37H66O7/c1-3-4-5-15-19-30(38)20-17-22-32(40)34-24-26-36(44-34)35-25-23-33(43-35)31(39)21-16-13-11-9-7-6-8-10-12-14-18-29-27-28(2)42-37(29)41/h27-28,30-36,38-40H,3-26H2,1-2H3/t28?,30-,31+,32-,33+,34?,35-,36+/m0/s1. The number of hydrogen-bond acceptors (Lipinski definition) is 7. The predicted octanol–water partition coefficient (Wildman–Crippen LogP) is 7.86. The van der Waals surface area contributed by atoms with Crippen molar-refractivity contribution in [1.29, 1.82) is 0 Å². The molecule has 256 valence electrons. The molecule has 3 N–H and O–H groups in total. The van der Waals surface area contributed by atoms with Gasteiger partial charge < -0.3 is 29.5 Å². The number of ether oxygens (including phenoxy) is 3. The number of aliphatic hydroxyl groups excluding tert-OH is 3. The summed E-state index contributed by atoms with van der Waals surface area (Å²) in [5.41, 5.74) is 0.863. The molecule has 7 nitrogen and oxygen atoms in total. The van der Waals surface area contributed by atoms with Crippen LogP contribution in [0.5, 0.6) is 0 Å². The van der Waals surface area contributed by atoms with Gasteiger partial charge in [-0.1, -0.05) is 90.4 Å². The minimum atomic E-state index is -0.479. The monoisotopic (exact) mass is 622 g/mol. The second-order valence-corrected chi connectivity index (χ2v) is 14.0. The summed E-state index contributed by atoms with van der Waals surface area (Å²) in [5.74, 6) is -0.123. The molecule has 2 saturated heterocycles. The summed E-state index contributed by atoms with van der Waals surface area (Å²) in [6.07, 6.45) is 25.7. The van der Waals surface area contributed by atoms with E-state index in [2.05, 4.69) is 6.92 Å². The number of unbranched alkanes of at least 4 members (excludes halogenated alkanes) is 12. The summed E-state index contributed by atoms with van der Waals surface area (Å²) in [6, 6.07) is 0. The van der Waals surface area contributed by atoms with E-state index in [9.17, 15) is 20.1 Å². The van der Waals surface area contributed by atoms with E-state index in [1.54, 1.807) is 0 Å². The molecule has 0 radical (unpaired) electrons. The zero-order valence-electron chi connectivity index (χ0n) is 28.1. The molecular weight excluding hydrogens is 556 g/mol. The van der Waals surface area contributed by atoms with E-state index >= 15 is 0 Å². The summed E-state index contributed by atoms with van der Waals surface area (Å²) in [6.45, 7) is 4.11. The first-order valence-corrected chi connectivity index (χ1v) is 18.6. The highest BCUT2D eigenvalue weighted by atomic mass is 16.6. The van der Waals surface area contributed by atoms with Gasteiger partial charge in [0.1, 0.15) is 6.10 Å². The maximum Gasteiger partial charge on any atom is 0.334 e. The van der Waals surface area contributed by atoms with Crippen LogP contribution in [0.2, 0.25) is 0 Å². The largest absolute Gasteiger partial charge is 0.455 e. The van der Waals surface area contributed by atoms with E-state index < -0.39 is 12.2 Å². The maximum atomic E-state index is 11.6. The molecular formula is C37H66O7. The zero-order chi connectivity index (χ0) is 31.6. The van der Waals surface area contributed by atoms with Crippen LogP contribution in [0.4, 0.5) is 0 Å². The van der Waals surface area contributed by atoms with Crippen molar-refractivity contribution >= 4 is 5.97 Å². The summed E-state index contributed by atoms with van der Waals surface area (Å²) in [5, 5.41) is 31.6. The van der Waals surface area contributed by atoms with Crippen molar-refractivity contribution in [3.05, 3.63) is 11.6 Å². The average molecular weight is 623 g/mol. The smallest absolute Gasteiger partial charge is 0.334 e. The Morgan fingerprint density at radius 3 is 1.68 bits per heavy atom. The molecule has 3 aliphatic heterocycles. The van der Waals surface area contributed by atoms with Crippen molar-refractivity contribution < 1.29 is 34.3 Å². The fourth-order valence-electron chi connectivity index (χ4n) is 7.28.